The van der Waals surface area contributed by atoms with Crippen LogP contribution < -0.4 is 5.32 Å². The molecule has 1 saturated heterocycles. The number of esters is 1. The van der Waals surface area contributed by atoms with E-state index in [9.17, 15) is 4.79 Å². The molecule has 1 aliphatic heterocycles. The number of nitrogens with zero attached hydrogens (tertiary/aromatic N) is 2. The number of rotatable bonds is 4. The molecule has 1 aromatic heterocycles. The number of aromatic nitrogens is 1. The molecule has 1 aromatic rings. The lowest BCUT2D eigenvalue weighted by molar-refractivity contribution is 0.0599. The maximum Gasteiger partial charge on any atom is 0.339 e. The summed E-state index contributed by atoms with van der Waals surface area (Å²) < 4.78 is 4.77. The lowest BCUT2D eigenvalue weighted by atomic mass is 9.89. The first-order chi connectivity index (χ1) is 11.7. The van der Waals surface area contributed by atoms with Crippen LogP contribution in [0.5, 0.6) is 0 Å². The molecule has 0 atom stereocenters. The second kappa shape index (κ2) is 7.97. The molecule has 5 nitrogen and oxygen atoms in total. The molecule has 0 spiro atoms. The van der Waals surface area contributed by atoms with Crippen LogP contribution in [-0.2, 0) is 4.74 Å². The van der Waals surface area contributed by atoms with Crippen molar-refractivity contribution < 1.29 is 9.53 Å². The van der Waals surface area contributed by atoms with E-state index < -0.39 is 0 Å². The van der Waals surface area contributed by atoms with Crippen LogP contribution in [0, 0.1) is 6.92 Å². The predicted molar refractivity (Wildman–Crippen MR) is 95.4 cm³/mol. The third kappa shape index (κ3) is 4.07. The number of likely N-dealkylation sites (tertiary alicyclic amines) is 1. The van der Waals surface area contributed by atoms with Crippen molar-refractivity contribution in [1.29, 1.82) is 0 Å². The van der Waals surface area contributed by atoms with Crippen molar-refractivity contribution in [3.05, 3.63) is 23.4 Å². The Balaban J connectivity index is 1.52. The third-order valence-corrected chi connectivity index (χ3v) is 5.45. The van der Waals surface area contributed by atoms with E-state index in [1.165, 1.54) is 65.1 Å². The SMILES string of the molecule is COC(=O)c1ccc(NC2CCC(N3CCCCC3)CC2)nc1C. The number of aryl methyl sites for hydroxylation is 1. The zero-order valence-electron chi connectivity index (χ0n) is 14.9. The standard InChI is InChI=1S/C19H29N3O2/c1-14-17(19(23)24-2)10-11-18(20-14)21-15-6-8-16(9-7-15)22-12-4-3-5-13-22/h10-11,15-16H,3-9,12-13H2,1-2H3,(H,20,21). The Hall–Kier alpha value is -1.62. The van der Waals surface area contributed by atoms with E-state index in [0.717, 1.165) is 11.9 Å². The van der Waals surface area contributed by atoms with E-state index >= 15 is 0 Å². The zero-order valence-corrected chi connectivity index (χ0v) is 14.9. The molecule has 0 aromatic carbocycles. The topological polar surface area (TPSA) is 54.5 Å². The molecule has 132 valence electrons. The average molecular weight is 331 g/mol. The van der Waals surface area contributed by atoms with Gasteiger partial charge in [-0.05, 0) is 70.7 Å². The van der Waals surface area contributed by atoms with Crippen LogP contribution in [0.4, 0.5) is 5.82 Å². The summed E-state index contributed by atoms with van der Waals surface area (Å²) in [6.07, 6.45) is 9.08. The van der Waals surface area contributed by atoms with Gasteiger partial charge in [-0.3, -0.25) is 0 Å². The van der Waals surface area contributed by atoms with E-state index in [-0.39, 0.29) is 5.97 Å². The lowest BCUT2D eigenvalue weighted by Gasteiger charge is -2.39. The number of nitrogens with one attached hydrogen (secondary N) is 1. The first-order valence-electron chi connectivity index (χ1n) is 9.24. The van der Waals surface area contributed by atoms with E-state index in [1.54, 1.807) is 6.07 Å². The van der Waals surface area contributed by atoms with Gasteiger partial charge in [-0.1, -0.05) is 6.42 Å². The highest BCUT2D eigenvalue weighted by atomic mass is 16.5. The van der Waals surface area contributed by atoms with Crippen LogP contribution in [0.1, 0.15) is 61.0 Å². The Labute approximate surface area is 144 Å². The Kier molecular flexibility index (Phi) is 5.72. The third-order valence-electron chi connectivity index (χ3n) is 5.45. The quantitative estimate of drug-likeness (QED) is 0.857. The summed E-state index contributed by atoms with van der Waals surface area (Å²) >= 11 is 0. The summed E-state index contributed by atoms with van der Waals surface area (Å²) in [4.78, 5) is 18.9. The van der Waals surface area contributed by atoms with Gasteiger partial charge in [0.25, 0.3) is 0 Å². The van der Waals surface area contributed by atoms with Gasteiger partial charge in [0.1, 0.15) is 5.82 Å². The van der Waals surface area contributed by atoms with E-state index in [1.807, 2.05) is 13.0 Å². The lowest BCUT2D eigenvalue weighted by Crippen LogP contribution is -2.43. The van der Waals surface area contributed by atoms with Gasteiger partial charge in [0.05, 0.1) is 18.4 Å². The molecule has 2 fully saturated rings. The molecule has 0 radical (unpaired) electrons. The molecule has 5 heteroatoms. The van der Waals surface area contributed by atoms with Crippen LogP contribution in [0.2, 0.25) is 0 Å². The van der Waals surface area contributed by atoms with Crippen molar-refractivity contribution in [2.24, 2.45) is 0 Å². The second-order valence-corrected chi connectivity index (χ2v) is 7.07. The molecule has 0 bridgehead atoms. The van der Waals surface area contributed by atoms with Crippen LogP contribution in [-0.4, -0.2) is 48.1 Å². The fourth-order valence-corrected chi connectivity index (χ4v) is 4.05. The van der Waals surface area contributed by atoms with Crippen molar-refractivity contribution in [1.82, 2.24) is 9.88 Å². The smallest absolute Gasteiger partial charge is 0.339 e. The monoisotopic (exact) mass is 331 g/mol. The molecule has 3 rings (SSSR count). The largest absolute Gasteiger partial charge is 0.465 e. The molecule has 24 heavy (non-hydrogen) atoms. The molecule has 1 aliphatic carbocycles. The minimum atomic E-state index is -0.325. The molecule has 0 unspecified atom stereocenters. The van der Waals surface area contributed by atoms with Gasteiger partial charge in [-0.25, -0.2) is 9.78 Å². The van der Waals surface area contributed by atoms with Crippen LogP contribution in [0.25, 0.3) is 0 Å². The highest BCUT2D eigenvalue weighted by Crippen LogP contribution is 2.27. The normalized spacial score (nSPS) is 25.2. The molecule has 1 saturated carbocycles. The number of carbonyl (C=O) groups is 1. The van der Waals surface area contributed by atoms with Crippen molar-refractivity contribution in [2.75, 3.05) is 25.5 Å². The summed E-state index contributed by atoms with van der Waals surface area (Å²) in [5.74, 6) is 0.537. The fraction of sp³-hybridized carbons (Fsp3) is 0.684. The van der Waals surface area contributed by atoms with Crippen LogP contribution in [0.3, 0.4) is 0 Å². The van der Waals surface area contributed by atoms with Crippen molar-refractivity contribution in [2.45, 2.75) is 64.0 Å². The maximum absolute atomic E-state index is 11.6. The minimum Gasteiger partial charge on any atom is -0.465 e. The Morgan fingerprint density at radius 1 is 1.17 bits per heavy atom. The van der Waals surface area contributed by atoms with Crippen LogP contribution >= 0.6 is 0 Å². The van der Waals surface area contributed by atoms with Crippen molar-refractivity contribution in [3.63, 3.8) is 0 Å². The van der Waals surface area contributed by atoms with Gasteiger partial charge >= 0.3 is 5.97 Å². The number of pyridine rings is 1. The average Bonchev–Trinajstić information content (AvgIpc) is 2.63. The van der Waals surface area contributed by atoms with Gasteiger partial charge in [0, 0.05) is 12.1 Å². The van der Waals surface area contributed by atoms with Gasteiger partial charge in [-0.2, -0.15) is 0 Å². The van der Waals surface area contributed by atoms with Gasteiger partial charge < -0.3 is 15.0 Å². The molecular formula is C19H29N3O2. The summed E-state index contributed by atoms with van der Waals surface area (Å²) in [6, 6.07) is 4.95. The van der Waals surface area contributed by atoms with E-state index in [0.29, 0.717) is 17.3 Å². The first kappa shape index (κ1) is 17.2. The summed E-state index contributed by atoms with van der Waals surface area (Å²) in [5, 5.41) is 3.55. The van der Waals surface area contributed by atoms with Gasteiger partial charge in [0.15, 0.2) is 0 Å². The van der Waals surface area contributed by atoms with Gasteiger partial charge in [0.2, 0.25) is 0 Å². The Morgan fingerprint density at radius 3 is 2.50 bits per heavy atom. The Morgan fingerprint density at radius 2 is 1.88 bits per heavy atom. The number of ether oxygens (including phenoxy) is 1. The summed E-state index contributed by atoms with van der Waals surface area (Å²) in [6.45, 7) is 4.43. The molecule has 0 amide bonds. The van der Waals surface area contributed by atoms with Crippen molar-refractivity contribution in [3.8, 4) is 0 Å². The molecular weight excluding hydrogens is 302 g/mol. The van der Waals surface area contributed by atoms with Crippen molar-refractivity contribution >= 4 is 11.8 Å². The second-order valence-electron chi connectivity index (χ2n) is 7.07. The van der Waals surface area contributed by atoms with Crippen LogP contribution in [0.15, 0.2) is 12.1 Å². The number of hydrogen-bond donors (Lipinski definition) is 1. The highest BCUT2D eigenvalue weighted by Gasteiger charge is 2.26. The zero-order chi connectivity index (χ0) is 16.9. The number of piperidine rings is 1. The number of anilines is 1. The fourth-order valence-electron chi connectivity index (χ4n) is 4.05. The van der Waals surface area contributed by atoms with E-state index in [2.05, 4.69) is 15.2 Å². The van der Waals surface area contributed by atoms with Gasteiger partial charge in [-0.15, -0.1) is 0 Å². The summed E-state index contributed by atoms with van der Waals surface area (Å²) in [7, 11) is 1.40. The number of methoxy groups -OCH3 is 1. The molecule has 2 aliphatic rings. The minimum absolute atomic E-state index is 0.325. The molecule has 2 heterocycles. The Bertz CT molecular complexity index is 562. The first-order valence-corrected chi connectivity index (χ1v) is 9.24. The highest BCUT2D eigenvalue weighted by molar-refractivity contribution is 5.90. The maximum atomic E-state index is 11.6. The van der Waals surface area contributed by atoms with E-state index in [4.69, 9.17) is 4.74 Å². The predicted octanol–water partition coefficient (Wildman–Crippen LogP) is 3.39. The number of hydrogen-bond acceptors (Lipinski definition) is 5. The molecule has 1 N–H and O–H groups in total. The number of carbonyl (C=O) groups excluding carboxylic acids is 1. The summed E-state index contributed by atoms with van der Waals surface area (Å²) in [5.41, 5.74) is 1.26.